The van der Waals surface area contributed by atoms with E-state index in [-0.39, 0.29) is 5.52 Å². The Labute approximate surface area is 145 Å². The number of fused-ring (bicyclic) bond motifs is 1. The highest BCUT2D eigenvalue weighted by Gasteiger charge is 2.33. The lowest BCUT2D eigenvalue weighted by molar-refractivity contribution is -0.141. The van der Waals surface area contributed by atoms with Crippen LogP contribution in [0.5, 0.6) is 0 Å². The maximum atomic E-state index is 12.8. The molecule has 0 saturated carbocycles. The fraction of sp³-hybridized carbons (Fsp3) is 0.250. The van der Waals surface area contributed by atoms with Crippen molar-refractivity contribution < 1.29 is 13.2 Å². The van der Waals surface area contributed by atoms with Gasteiger partial charge in [0.05, 0.1) is 17.2 Å². The molecule has 0 unspecified atom stereocenters. The number of aromatic nitrogens is 3. The van der Waals surface area contributed by atoms with Crippen molar-refractivity contribution in [2.24, 2.45) is 7.05 Å². The molecule has 0 aliphatic heterocycles. The number of pyridine rings is 1. The molecule has 0 radical (unpaired) electrons. The second-order valence-electron chi connectivity index (χ2n) is 5.12. The third-order valence-electron chi connectivity index (χ3n) is 3.54. The van der Waals surface area contributed by atoms with Gasteiger partial charge < -0.3 is 4.57 Å². The number of rotatable bonds is 3. The standard InChI is InChI=1S/C16H13ClF3N3S/c1-3-24-13-6-9(17)4-5-10(13)15-22-11-7-14(16(18,19)20)21-8-12(11)23(15)2/h4-8H,3H2,1-2H3. The maximum absolute atomic E-state index is 12.8. The van der Waals surface area contributed by atoms with Crippen molar-refractivity contribution in [3.05, 3.63) is 41.2 Å². The molecule has 3 nitrogen and oxygen atoms in total. The number of alkyl halides is 3. The van der Waals surface area contributed by atoms with E-state index in [4.69, 9.17) is 11.6 Å². The van der Waals surface area contributed by atoms with Crippen molar-refractivity contribution in [2.75, 3.05) is 5.75 Å². The van der Waals surface area contributed by atoms with E-state index in [9.17, 15) is 13.2 Å². The fourth-order valence-corrected chi connectivity index (χ4v) is 3.51. The largest absolute Gasteiger partial charge is 0.433 e. The fourth-order valence-electron chi connectivity index (χ4n) is 2.44. The zero-order valence-electron chi connectivity index (χ0n) is 12.9. The Morgan fingerprint density at radius 3 is 2.67 bits per heavy atom. The third kappa shape index (κ3) is 3.10. The molecule has 0 aliphatic rings. The van der Waals surface area contributed by atoms with E-state index in [2.05, 4.69) is 9.97 Å². The molecular formula is C16H13ClF3N3S. The summed E-state index contributed by atoms with van der Waals surface area (Å²) in [5.41, 5.74) is 0.690. The summed E-state index contributed by atoms with van der Waals surface area (Å²) >= 11 is 7.66. The van der Waals surface area contributed by atoms with Crippen molar-refractivity contribution in [2.45, 2.75) is 18.0 Å². The highest BCUT2D eigenvalue weighted by Crippen LogP contribution is 2.35. The average molecular weight is 372 g/mol. The zero-order chi connectivity index (χ0) is 17.5. The van der Waals surface area contributed by atoms with E-state index in [0.717, 1.165) is 22.3 Å². The van der Waals surface area contributed by atoms with Crippen LogP contribution >= 0.6 is 23.4 Å². The smallest absolute Gasteiger partial charge is 0.326 e. The first-order chi connectivity index (χ1) is 11.3. The summed E-state index contributed by atoms with van der Waals surface area (Å²) < 4.78 is 40.3. The van der Waals surface area contributed by atoms with Gasteiger partial charge in [0.2, 0.25) is 0 Å². The number of halogens is 4. The molecule has 8 heteroatoms. The monoisotopic (exact) mass is 371 g/mol. The van der Waals surface area contributed by atoms with Crippen molar-refractivity contribution in [3.8, 4) is 11.4 Å². The molecule has 1 aromatic carbocycles. The van der Waals surface area contributed by atoms with Gasteiger partial charge in [-0.2, -0.15) is 13.2 Å². The van der Waals surface area contributed by atoms with Crippen LogP contribution in [0.3, 0.4) is 0 Å². The maximum Gasteiger partial charge on any atom is 0.433 e. The summed E-state index contributed by atoms with van der Waals surface area (Å²) in [6.45, 7) is 2.02. The number of benzene rings is 1. The van der Waals surface area contributed by atoms with Gasteiger partial charge in [0.25, 0.3) is 0 Å². The van der Waals surface area contributed by atoms with Gasteiger partial charge in [-0.25, -0.2) is 9.97 Å². The summed E-state index contributed by atoms with van der Waals surface area (Å²) in [5, 5.41) is 0.606. The summed E-state index contributed by atoms with van der Waals surface area (Å²) in [6.07, 6.45) is -3.29. The van der Waals surface area contributed by atoms with Crippen LogP contribution in [0, 0.1) is 0 Å². The first-order valence-corrected chi connectivity index (χ1v) is 8.50. The van der Waals surface area contributed by atoms with Gasteiger partial charge in [0.1, 0.15) is 11.5 Å². The first-order valence-electron chi connectivity index (χ1n) is 7.13. The Balaban J connectivity index is 2.19. The van der Waals surface area contributed by atoms with Crippen LogP contribution in [-0.4, -0.2) is 20.3 Å². The van der Waals surface area contributed by atoms with Gasteiger partial charge in [-0.05, 0) is 30.0 Å². The molecule has 2 heterocycles. The van der Waals surface area contributed by atoms with Crippen LogP contribution in [0.4, 0.5) is 13.2 Å². The molecule has 0 aliphatic carbocycles. The van der Waals surface area contributed by atoms with E-state index in [1.165, 1.54) is 6.20 Å². The molecular weight excluding hydrogens is 359 g/mol. The molecule has 3 aromatic rings. The van der Waals surface area contributed by atoms with Gasteiger partial charge in [-0.3, -0.25) is 0 Å². The molecule has 3 rings (SSSR count). The number of nitrogens with zero attached hydrogens (tertiary/aromatic N) is 3. The van der Waals surface area contributed by atoms with Crippen LogP contribution in [0.15, 0.2) is 35.4 Å². The summed E-state index contributed by atoms with van der Waals surface area (Å²) in [6, 6.07) is 6.39. The Morgan fingerprint density at radius 1 is 1.25 bits per heavy atom. The lowest BCUT2D eigenvalue weighted by Crippen LogP contribution is -2.07. The second-order valence-corrected chi connectivity index (χ2v) is 6.87. The Bertz CT molecular complexity index is 905. The van der Waals surface area contributed by atoms with Crippen molar-refractivity contribution >= 4 is 34.4 Å². The number of aryl methyl sites for hydroxylation is 1. The molecule has 0 saturated heterocycles. The molecule has 0 spiro atoms. The Kier molecular flexibility index (Phi) is 4.48. The number of hydrogen-bond donors (Lipinski definition) is 0. The third-order valence-corrected chi connectivity index (χ3v) is 4.71. The number of thioether (sulfide) groups is 1. The van der Waals surface area contributed by atoms with E-state index in [1.807, 2.05) is 19.1 Å². The SMILES string of the molecule is CCSc1cc(Cl)ccc1-c1nc2cc(C(F)(F)F)ncc2n1C. The normalized spacial score (nSPS) is 12.1. The molecule has 0 bridgehead atoms. The second kappa shape index (κ2) is 6.29. The van der Waals surface area contributed by atoms with E-state index >= 15 is 0 Å². The first kappa shape index (κ1) is 17.1. The summed E-state index contributed by atoms with van der Waals surface area (Å²) in [7, 11) is 1.76. The predicted octanol–water partition coefficient (Wildman–Crippen LogP) is 5.42. The zero-order valence-corrected chi connectivity index (χ0v) is 14.4. The van der Waals surface area contributed by atoms with Gasteiger partial charge in [0, 0.05) is 22.5 Å². The lowest BCUT2D eigenvalue weighted by Gasteiger charge is -2.09. The van der Waals surface area contributed by atoms with Crippen molar-refractivity contribution in [1.82, 2.24) is 14.5 Å². The minimum absolute atomic E-state index is 0.261. The highest BCUT2D eigenvalue weighted by atomic mass is 35.5. The molecule has 0 atom stereocenters. The van der Waals surface area contributed by atoms with Crippen LogP contribution < -0.4 is 0 Å². The van der Waals surface area contributed by atoms with Gasteiger partial charge >= 0.3 is 6.18 Å². The van der Waals surface area contributed by atoms with E-state index in [1.54, 1.807) is 29.4 Å². The topological polar surface area (TPSA) is 30.7 Å². The summed E-state index contributed by atoms with van der Waals surface area (Å²) in [5.74, 6) is 1.43. The molecule has 126 valence electrons. The Hall–Kier alpha value is -1.73. The summed E-state index contributed by atoms with van der Waals surface area (Å²) in [4.78, 5) is 8.84. The lowest BCUT2D eigenvalue weighted by atomic mass is 10.2. The molecule has 0 fully saturated rings. The predicted molar refractivity (Wildman–Crippen MR) is 90.4 cm³/mol. The van der Waals surface area contributed by atoms with Gasteiger partial charge in [0.15, 0.2) is 0 Å². The molecule has 2 aromatic heterocycles. The van der Waals surface area contributed by atoms with Gasteiger partial charge in [-0.1, -0.05) is 18.5 Å². The minimum atomic E-state index is -4.49. The number of hydrogen-bond acceptors (Lipinski definition) is 3. The van der Waals surface area contributed by atoms with Crippen LogP contribution in [0.2, 0.25) is 5.02 Å². The Morgan fingerprint density at radius 2 is 2.00 bits per heavy atom. The molecule has 24 heavy (non-hydrogen) atoms. The van der Waals surface area contributed by atoms with Crippen LogP contribution in [-0.2, 0) is 13.2 Å². The van der Waals surface area contributed by atoms with E-state index < -0.39 is 11.9 Å². The van der Waals surface area contributed by atoms with Crippen LogP contribution in [0.25, 0.3) is 22.4 Å². The van der Waals surface area contributed by atoms with Gasteiger partial charge in [-0.15, -0.1) is 11.8 Å². The molecule has 0 N–H and O–H groups in total. The minimum Gasteiger partial charge on any atom is -0.326 e. The quantitative estimate of drug-likeness (QED) is 0.576. The molecule has 0 amide bonds. The van der Waals surface area contributed by atoms with Crippen LogP contribution in [0.1, 0.15) is 12.6 Å². The van der Waals surface area contributed by atoms with Crippen molar-refractivity contribution in [3.63, 3.8) is 0 Å². The van der Waals surface area contributed by atoms with Crippen molar-refractivity contribution in [1.29, 1.82) is 0 Å². The van der Waals surface area contributed by atoms with E-state index in [0.29, 0.717) is 16.4 Å². The number of imidazole rings is 1. The average Bonchev–Trinajstić information content (AvgIpc) is 2.83. The highest BCUT2D eigenvalue weighted by molar-refractivity contribution is 7.99.